The lowest BCUT2D eigenvalue weighted by Gasteiger charge is -2.01. The van der Waals surface area contributed by atoms with Gasteiger partial charge in [0.1, 0.15) is 0 Å². The second kappa shape index (κ2) is 3.49. The Labute approximate surface area is 55.8 Å². The molecule has 0 unspecified atom stereocenters. The van der Waals surface area contributed by atoms with Crippen molar-refractivity contribution in [3.8, 4) is 0 Å². The first-order chi connectivity index (χ1) is 2.89. The van der Waals surface area contributed by atoms with Crippen LogP contribution in [0.4, 0.5) is 0 Å². The minimum atomic E-state index is 0. The van der Waals surface area contributed by atoms with E-state index in [9.17, 15) is 0 Å². The molecule has 3 radical (unpaired) electrons. The second-order valence-corrected chi connectivity index (χ2v) is 2.01. The monoisotopic (exact) mass is 112 g/mol. The topological polar surface area (TPSA) is 3.24 Å². The summed E-state index contributed by atoms with van der Waals surface area (Å²) in [4.78, 5) is 2.36. The fraction of sp³-hybridized carbons (Fsp3) is 1.00. The maximum Gasteiger partial charge on any atom is 0 e. The first kappa shape index (κ1) is 7.49. The third-order valence-electron chi connectivity index (χ3n) is 1.33. The van der Waals surface area contributed by atoms with Gasteiger partial charge in [-0.15, -0.1) is 0 Å². The van der Waals surface area contributed by atoms with Crippen molar-refractivity contribution in [1.82, 2.24) is 4.90 Å². The van der Waals surface area contributed by atoms with Gasteiger partial charge in [-0.1, -0.05) is 0 Å². The molecule has 0 spiro atoms. The molecule has 0 aromatic rings. The first-order valence-electron chi connectivity index (χ1n) is 2.58. The standard InChI is InChI=1S/C5H11N.Al/c1-6-4-2-3-5-6;/h2-5H2,1H3;. The van der Waals surface area contributed by atoms with Crippen LogP contribution in [0.15, 0.2) is 0 Å². The lowest BCUT2D eigenvalue weighted by atomic mass is 10.4. The molecule has 1 fully saturated rings. The van der Waals surface area contributed by atoms with E-state index in [2.05, 4.69) is 11.9 Å². The van der Waals surface area contributed by atoms with E-state index in [-0.39, 0.29) is 17.4 Å². The number of nitrogens with zero attached hydrogens (tertiary/aromatic N) is 1. The fourth-order valence-corrected chi connectivity index (χ4v) is 0.875. The van der Waals surface area contributed by atoms with E-state index < -0.39 is 0 Å². The smallest absolute Gasteiger partial charge is 0 e. The molecule has 0 aromatic carbocycles. The SMILES string of the molecule is CN1CCCC1.[Al]. The van der Waals surface area contributed by atoms with E-state index in [4.69, 9.17) is 0 Å². The molecular weight excluding hydrogens is 101 g/mol. The van der Waals surface area contributed by atoms with Gasteiger partial charge in [-0.2, -0.15) is 0 Å². The van der Waals surface area contributed by atoms with Crippen LogP contribution in [-0.2, 0) is 0 Å². The van der Waals surface area contributed by atoms with Crippen molar-refractivity contribution in [2.75, 3.05) is 20.1 Å². The summed E-state index contributed by atoms with van der Waals surface area (Å²) in [7, 11) is 2.17. The van der Waals surface area contributed by atoms with Gasteiger partial charge in [-0.05, 0) is 33.0 Å². The summed E-state index contributed by atoms with van der Waals surface area (Å²) in [5, 5.41) is 0. The van der Waals surface area contributed by atoms with Crippen molar-refractivity contribution in [1.29, 1.82) is 0 Å². The van der Waals surface area contributed by atoms with Gasteiger partial charge in [0.25, 0.3) is 0 Å². The van der Waals surface area contributed by atoms with E-state index in [0.29, 0.717) is 0 Å². The van der Waals surface area contributed by atoms with Gasteiger partial charge >= 0.3 is 0 Å². The summed E-state index contributed by atoms with van der Waals surface area (Å²) in [5.41, 5.74) is 0. The maximum atomic E-state index is 2.36. The van der Waals surface area contributed by atoms with E-state index in [1.165, 1.54) is 25.9 Å². The molecule has 0 atom stereocenters. The predicted octanol–water partition coefficient (Wildman–Crippen LogP) is 0.331. The highest BCUT2D eigenvalue weighted by Gasteiger charge is 2.03. The molecular formula is C5H11AlN. The van der Waals surface area contributed by atoms with Crippen molar-refractivity contribution in [3.63, 3.8) is 0 Å². The first-order valence-corrected chi connectivity index (χ1v) is 2.58. The molecule has 0 N–H and O–H groups in total. The zero-order valence-corrected chi connectivity index (χ0v) is 6.01. The Bertz CT molecular complexity index is 41.3. The van der Waals surface area contributed by atoms with Crippen LogP contribution in [0.1, 0.15) is 12.8 Å². The molecule has 1 rings (SSSR count). The van der Waals surface area contributed by atoms with Crippen molar-refractivity contribution in [2.45, 2.75) is 12.8 Å². The van der Waals surface area contributed by atoms with E-state index in [0.717, 1.165) is 0 Å². The molecule has 0 bridgehead atoms. The number of hydrogen-bond donors (Lipinski definition) is 0. The van der Waals surface area contributed by atoms with Crippen LogP contribution < -0.4 is 0 Å². The molecule has 1 heterocycles. The van der Waals surface area contributed by atoms with Crippen LogP contribution in [0, 0.1) is 0 Å². The van der Waals surface area contributed by atoms with Crippen molar-refractivity contribution in [3.05, 3.63) is 0 Å². The van der Waals surface area contributed by atoms with Gasteiger partial charge < -0.3 is 4.90 Å². The third-order valence-corrected chi connectivity index (χ3v) is 1.33. The summed E-state index contributed by atoms with van der Waals surface area (Å²) in [6.45, 7) is 2.64. The van der Waals surface area contributed by atoms with Gasteiger partial charge in [0.05, 0.1) is 0 Å². The molecule has 0 saturated carbocycles. The summed E-state index contributed by atoms with van der Waals surface area (Å²) < 4.78 is 0. The molecule has 7 heavy (non-hydrogen) atoms. The molecule has 2 heteroatoms. The largest absolute Gasteiger partial charge is 0.306 e. The minimum absolute atomic E-state index is 0. The Morgan fingerprint density at radius 2 is 1.57 bits per heavy atom. The van der Waals surface area contributed by atoms with Gasteiger partial charge in [-0.3, -0.25) is 0 Å². The van der Waals surface area contributed by atoms with Gasteiger partial charge in [-0.25, -0.2) is 0 Å². The normalized spacial score (nSPS) is 21.9. The third kappa shape index (κ3) is 2.33. The average molecular weight is 112 g/mol. The number of rotatable bonds is 0. The molecule has 1 saturated heterocycles. The molecule has 1 nitrogen and oxygen atoms in total. The Morgan fingerprint density at radius 3 is 1.71 bits per heavy atom. The van der Waals surface area contributed by atoms with Crippen molar-refractivity contribution >= 4 is 17.4 Å². The molecule has 1 aliphatic heterocycles. The summed E-state index contributed by atoms with van der Waals surface area (Å²) in [5.74, 6) is 0. The van der Waals surface area contributed by atoms with Crippen molar-refractivity contribution in [2.24, 2.45) is 0 Å². The Morgan fingerprint density at radius 1 is 1.14 bits per heavy atom. The average Bonchev–Trinajstić information content (AvgIpc) is 1.86. The quantitative estimate of drug-likeness (QED) is 0.408. The van der Waals surface area contributed by atoms with Crippen LogP contribution in [-0.4, -0.2) is 42.4 Å². The van der Waals surface area contributed by atoms with Crippen LogP contribution in [0.5, 0.6) is 0 Å². The Balaban J connectivity index is 0.000000360. The van der Waals surface area contributed by atoms with Crippen molar-refractivity contribution < 1.29 is 0 Å². The number of hydrogen-bond acceptors (Lipinski definition) is 1. The van der Waals surface area contributed by atoms with E-state index in [1.54, 1.807) is 0 Å². The molecule has 1 aliphatic rings. The predicted molar refractivity (Wildman–Crippen MR) is 32.5 cm³/mol. The zero-order chi connectivity index (χ0) is 4.41. The molecule has 0 aromatic heterocycles. The fourth-order valence-electron chi connectivity index (χ4n) is 0.875. The summed E-state index contributed by atoms with van der Waals surface area (Å²) in [6, 6.07) is 0. The van der Waals surface area contributed by atoms with Crippen LogP contribution in [0.2, 0.25) is 0 Å². The Kier molecular flexibility index (Phi) is 3.73. The Hall–Kier alpha value is 0.492. The lowest BCUT2D eigenvalue weighted by Crippen LogP contribution is -2.10. The highest BCUT2D eigenvalue weighted by atomic mass is 27.0. The maximum absolute atomic E-state index is 2.36. The lowest BCUT2D eigenvalue weighted by molar-refractivity contribution is 0.418. The molecule has 39 valence electrons. The zero-order valence-electron chi connectivity index (χ0n) is 4.85. The second-order valence-electron chi connectivity index (χ2n) is 2.01. The highest BCUT2D eigenvalue weighted by molar-refractivity contribution is 5.75. The van der Waals surface area contributed by atoms with Crippen LogP contribution in [0.3, 0.4) is 0 Å². The summed E-state index contributed by atoms with van der Waals surface area (Å²) in [6.07, 6.45) is 2.83. The number of likely N-dealkylation sites (tertiary alicyclic amines) is 1. The van der Waals surface area contributed by atoms with Gasteiger partial charge in [0.2, 0.25) is 0 Å². The van der Waals surface area contributed by atoms with Gasteiger partial charge in [0, 0.05) is 17.4 Å². The molecule has 0 amide bonds. The van der Waals surface area contributed by atoms with Gasteiger partial charge in [0.15, 0.2) is 0 Å². The van der Waals surface area contributed by atoms with Crippen LogP contribution >= 0.6 is 0 Å². The summed E-state index contributed by atoms with van der Waals surface area (Å²) >= 11 is 0. The molecule has 0 aliphatic carbocycles. The van der Waals surface area contributed by atoms with Crippen LogP contribution in [0.25, 0.3) is 0 Å². The minimum Gasteiger partial charge on any atom is -0.306 e. The van der Waals surface area contributed by atoms with E-state index >= 15 is 0 Å². The van der Waals surface area contributed by atoms with E-state index in [1.807, 2.05) is 0 Å². The highest BCUT2D eigenvalue weighted by Crippen LogP contribution is 2.01.